The van der Waals surface area contributed by atoms with Crippen molar-refractivity contribution in [2.45, 2.75) is 0 Å². The summed E-state index contributed by atoms with van der Waals surface area (Å²) in [5, 5.41) is 29.9. The van der Waals surface area contributed by atoms with E-state index in [2.05, 4.69) is 20.3 Å². The number of carbonyl (C=O) groups is 2. The zero-order valence-electron chi connectivity index (χ0n) is 23.0. The molecule has 1 amide bonds. The van der Waals surface area contributed by atoms with Gasteiger partial charge in [-0.2, -0.15) is 0 Å². The summed E-state index contributed by atoms with van der Waals surface area (Å²) in [6.07, 6.45) is 0. The van der Waals surface area contributed by atoms with Crippen molar-refractivity contribution in [3.63, 3.8) is 0 Å². The average molecular weight is 572 g/mol. The molecule has 4 aromatic rings. The van der Waals surface area contributed by atoms with E-state index >= 15 is 0 Å². The van der Waals surface area contributed by atoms with Gasteiger partial charge in [0.2, 0.25) is 0 Å². The lowest BCUT2D eigenvalue weighted by molar-refractivity contribution is 0.0157. The van der Waals surface area contributed by atoms with Gasteiger partial charge in [0.1, 0.15) is 0 Å². The molecule has 11 heteroatoms. The lowest BCUT2D eigenvalue weighted by Gasteiger charge is -2.34. The summed E-state index contributed by atoms with van der Waals surface area (Å²) in [6, 6.07) is 20.7. The number of aromatic hydroxyl groups is 1. The number of benzene rings is 3. The normalized spacial score (nSPS) is 14.7. The van der Waals surface area contributed by atoms with Crippen molar-refractivity contribution in [1.29, 1.82) is 0 Å². The molecule has 0 unspecified atom stereocenters. The second-order valence-electron chi connectivity index (χ2n) is 9.97. The van der Waals surface area contributed by atoms with E-state index in [1.54, 1.807) is 30.3 Å². The highest BCUT2D eigenvalue weighted by Gasteiger charge is 2.20. The van der Waals surface area contributed by atoms with Gasteiger partial charge in [0, 0.05) is 61.3 Å². The number of carbonyl (C=O) groups excluding carboxylic acids is 1. The number of aromatic carboxylic acids is 1. The van der Waals surface area contributed by atoms with Crippen LogP contribution in [0.2, 0.25) is 0 Å². The Kier molecular flexibility index (Phi) is 9.25. The van der Waals surface area contributed by atoms with Crippen LogP contribution in [0.1, 0.15) is 31.8 Å². The summed E-state index contributed by atoms with van der Waals surface area (Å²) in [5.74, 6) is -1.56. The number of nitrogens with zero attached hydrogens (tertiary/aromatic N) is 3. The van der Waals surface area contributed by atoms with Crippen LogP contribution in [0.25, 0.3) is 10.9 Å². The zero-order valence-corrected chi connectivity index (χ0v) is 23.0. The SMILES string of the molecule is O=C(O)c1ccc2c(C(=Nc3ccc(C(=O)NOCCN4CCN(CCO)CC4)cc3)c3ccccc3)c(O)[nH]c2c1. The lowest BCUT2D eigenvalue weighted by Crippen LogP contribution is -2.48. The number of aromatic nitrogens is 1. The molecule has 0 radical (unpaired) electrons. The number of hydroxylamine groups is 1. The minimum absolute atomic E-state index is 0.100. The number of aliphatic imine (C=N–C) groups is 1. The Hall–Kier alpha value is -4.55. The van der Waals surface area contributed by atoms with E-state index in [9.17, 15) is 19.8 Å². The number of H-pyrrole nitrogens is 1. The van der Waals surface area contributed by atoms with Gasteiger partial charge in [-0.25, -0.2) is 15.3 Å². The molecule has 1 aliphatic rings. The van der Waals surface area contributed by atoms with Crippen molar-refractivity contribution >= 4 is 34.2 Å². The molecule has 0 spiro atoms. The molecule has 5 rings (SSSR count). The quantitative estimate of drug-likeness (QED) is 0.105. The fourth-order valence-corrected chi connectivity index (χ4v) is 4.96. The maximum absolute atomic E-state index is 12.6. The van der Waals surface area contributed by atoms with Crippen LogP contribution in [0.4, 0.5) is 5.69 Å². The van der Waals surface area contributed by atoms with Crippen LogP contribution in [0.3, 0.4) is 0 Å². The molecule has 0 atom stereocenters. The number of aliphatic hydroxyl groups excluding tert-OH is 1. The minimum atomic E-state index is -1.06. The summed E-state index contributed by atoms with van der Waals surface area (Å²) in [6.45, 7) is 5.50. The molecule has 0 aliphatic carbocycles. The second kappa shape index (κ2) is 13.4. The first-order valence-corrected chi connectivity index (χ1v) is 13.7. The molecule has 1 saturated heterocycles. The van der Waals surface area contributed by atoms with Crippen molar-refractivity contribution in [3.05, 3.63) is 95.1 Å². The molecule has 5 N–H and O–H groups in total. The number of aliphatic hydroxyl groups is 1. The maximum Gasteiger partial charge on any atom is 0.335 e. The van der Waals surface area contributed by atoms with Gasteiger partial charge in [0.25, 0.3) is 5.91 Å². The van der Waals surface area contributed by atoms with Gasteiger partial charge < -0.3 is 20.3 Å². The number of piperazine rings is 1. The third-order valence-electron chi connectivity index (χ3n) is 7.24. The second-order valence-corrected chi connectivity index (χ2v) is 9.97. The summed E-state index contributed by atoms with van der Waals surface area (Å²) in [7, 11) is 0. The molecule has 1 fully saturated rings. The van der Waals surface area contributed by atoms with Gasteiger partial charge in [-0.1, -0.05) is 36.4 Å². The van der Waals surface area contributed by atoms with E-state index in [0.717, 1.165) is 31.7 Å². The predicted molar refractivity (Wildman–Crippen MR) is 158 cm³/mol. The molecule has 0 saturated carbocycles. The monoisotopic (exact) mass is 571 g/mol. The Labute approximate surface area is 242 Å². The Morgan fingerprint density at radius 3 is 2.21 bits per heavy atom. The first-order chi connectivity index (χ1) is 20.4. The Morgan fingerprint density at radius 1 is 0.881 bits per heavy atom. The summed E-state index contributed by atoms with van der Waals surface area (Å²) in [4.78, 5) is 41.6. The van der Waals surface area contributed by atoms with Gasteiger partial charge in [-0.15, -0.1) is 0 Å². The van der Waals surface area contributed by atoms with Crippen molar-refractivity contribution < 1.29 is 29.7 Å². The van der Waals surface area contributed by atoms with E-state index in [4.69, 9.17) is 14.9 Å². The van der Waals surface area contributed by atoms with E-state index in [1.165, 1.54) is 12.1 Å². The van der Waals surface area contributed by atoms with E-state index in [-0.39, 0.29) is 24.0 Å². The Morgan fingerprint density at radius 2 is 1.55 bits per heavy atom. The van der Waals surface area contributed by atoms with Crippen LogP contribution in [0.5, 0.6) is 5.88 Å². The van der Waals surface area contributed by atoms with E-state index in [1.807, 2.05) is 30.3 Å². The van der Waals surface area contributed by atoms with Crippen LogP contribution in [-0.2, 0) is 4.84 Å². The van der Waals surface area contributed by atoms with Crippen LogP contribution < -0.4 is 5.48 Å². The maximum atomic E-state index is 12.6. The van der Waals surface area contributed by atoms with Crippen LogP contribution in [-0.4, -0.2) is 100 Å². The molecule has 0 bridgehead atoms. The number of hydrogen-bond donors (Lipinski definition) is 5. The summed E-state index contributed by atoms with van der Waals surface area (Å²) < 4.78 is 0. The zero-order chi connectivity index (χ0) is 29.5. The molecule has 42 heavy (non-hydrogen) atoms. The van der Waals surface area contributed by atoms with Gasteiger partial charge in [-0.05, 0) is 36.4 Å². The highest BCUT2D eigenvalue weighted by Crippen LogP contribution is 2.32. The Balaban J connectivity index is 1.27. The van der Waals surface area contributed by atoms with Crippen molar-refractivity contribution in [2.75, 3.05) is 52.5 Å². The van der Waals surface area contributed by atoms with Gasteiger partial charge in [0.05, 0.1) is 35.7 Å². The molecule has 1 aliphatic heterocycles. The summed E-state index contributed by atoms with van der Waals surface area (Å²) >= 11 is 0. The minimum Gasteiger partial charge on any atom is -0.494 e. The van der Waals surface area contributed by atoms with Crippen molar-refractivity contribution in [3.8, 4) is 5.88 Å². The lowest BCUT2D eigenvalue weighted by atomic mass is 10.00. The number of rotatable bonds is 11. The highest BCUT2D eigenvalue weighted by molar-refractivity contribution is 6.22. The predicted octanol–water partition coefficient (Wildman–Crippen LogP) is 3.01. The van der Waals surface area contributed by atoms with Gasteiger partial charge in [-0.3, -0.25) is 19.4 Å². The van der Waals surface area contributed by atoms with E-state index in [0.29, 0.717) is 53.1 Å². The van der Waals surface area contributed by atoms with Gasteiger partial charge >= 0.3 is 5.97 Å². The molecular weight excluding hydrogens is 538 g/mol. The molecule has 3 aromatic carbocycles. The van der Waals surface area contributed by atoms with Crippen LogP contribution >= 0.6 is 0 Å². The van der Waals surface area contributed by atoms with Crippen LogP contribution in [0, 0.1) is 0 Å². The number of aromatic amines is 1. The fourth-order valence-electron chi connectivity index (χ4n) is 4.96. The van der Waals surface area contributed by atoms with E-state index < -0.39 is 5.97 Å². The Bertz CT molecular complexity index is 1560. The highest BCUT2D eigenvalue weighted by atomic mass is 16.7. The first-order valence-electron chi connectivity index (χ1n) is 13.7. The number of hydrogen-bond acceptors (Lipinski definition) is 8. The number of fused-ring (bicyclic) bond motifs is 1. The number of amides is 1. The smallest absolute Gasteiger partial charge is 0.335 e. The largest absolute Gasteiger partial charge is 0.494 e. The number of carboxylic acids is 1. The summed E-state index contributed by atoms with van der Waals surface area (Å²) in [5.41, 5.74) is 5.71. The topological polar surface area (TPSA) is 151 Å². The molecule has 2 heterocycles. The number of nitrogens with one attached hydrogen (secondary N) is 2. The molecule has 11 nitrogen and oxygen atoms in total. The van der Waals surface area contributed by atoms with Crippen LogP contribution in [0.15, 0.2) is 77.8 Å². The number of β-amino-alcohol motifs (C(OH)–C–C–N with tert-alkyl or cyclic N) is 1. The fraction of sp³-hybridized carbons (Fsp3) is 0.258. The molecule has 1 aromatic heterocycles. The third-order valence-corrected chi connectivity index (χ3v) is 7.24. The number of carboxylic acid groups (broad SMARTS) is 1. The molecule has 218 valence electrons. The third kappa shape index (κ3) is 6.84. The standard InChI is InChI=1S/C31H33N5O6/c37-18-16-35-12-14-36(15-13-35)17-19-42-34-29(38)22-6-9-24(10-7-22)32-28(21-4-2-1-3-5-21)27-25-11-8-23(31(40)41)20-26(25)33-30(27)39/h1-11,20,33,37,39H,12-19H2,(H,34,38)(H,40,41). The van der Waals surface area contributed by atoms with Crippen molar-refractivity contribution in [1.82, 2.24) is 20.3 Å². The van der Waals surface area contributed by atoms with Crippen molar-refractivity contribution in [2.24, 2.45) is 4.99 Å². The molecular formula is C31H33N5O6. The van der Waals surface area contributed by atoms with Gasteiger partial charge in [0.15, 0.2) is 5.88 Å². The average Bonchev–Trinajstić information content (AvgIpc) is 3.34. The first kappa shape index (κ1) is 29.0.